The predicted molar refractivity (Wildman–Crippen MR) is 143 cm³/mol. The lowest BCUT2D eigenvalue weighted by atomic mass is 10.1. The van der Waals surface area contributed by atoms with Gasteiger partial charge in [-0.3, -0.25) is 23.5 Å². The number of nitrogens with one attached hydrogen (secondary N) is 2. The van der Waals surface area contributed by atoms with Crippen LogP contribution in [0.1, 0.15) is 12.5 Å². The van der Waals surface area contributed by atoms with E-state index >= 15 is 8.78 Å². The zero-order valence-corrected chi connectivity index (χ0v) is 24.6. The molecule has 7 rings (SSSR count). The molecule has 4 aromatic heterocycles. The molecule has 3 saturated heterocycles. The number of aromatic amines is 2. The third-order valence-electron chi connectivity index (χ3n) is 7.29. The first-order valence-electron chi connectivity index (χ1n) is 12.8. The molecule has 0 bridgehead atoms. The Bertz CT molecular complexity index is 1710. The first kappa shape index (κ1) is 29.8. The number of phosphoric ester groups is 1. The van der Waals surface area contributed by atoms with Crippen molar-refractivity contribution in [3.8, 4) is 0 Å². The maximum Gasteiger partial charge on any atom is 0.472 e. The molecule has 0 saturated carbocycles. The maximum atomic E-state index is 15.9. The van der Waals surface area contributed by atoms with Crippen LogP contribution in [0.4, 0.5) is 20.4 Å². The molecule has 3 aliphatic rings. The third-order valence-corrected chi connectivity index (χ3v) is 9.84. The minimum atomic E-state index is -5.06. The SMILES string of the molecule is Nc1ncnc2c1[nH]c[n+]2[C@@H]1O[C@@H]2COP(O)(=S)O[C@H]3[C@@H](F)[C@H]([n+]4c[nH]c5c(N)ncnc54)O[C@@H]3COP(=O)(O)O[C@H]2[C@H]1F. The minimum Gasteiger partial charge on any atom is -0.380 e. The van der Waals surface area contributed by atoms with Gasteiger partial charge in [0, 0.05) is 0 Å². The highest BCUT2D eigenvalue weighted by molar-refractivity contribution is 8.07. The van der Waals surface area contributed by atoms with E-state index in [4.69, 9.17) is 50.8 Å². The molecule has 3 aliphatic heterocycles. The number of alkyl halides is 2. The predicted octanol–water partition coefficient (Wildman–Crippen LogP) is -0.726. The number of fused-ring (bicyclic) bond motifs is 4. The third kappa shape index (κ3) is 5.14. The summed E-state index contributed by atoms with van der Waals surface area (Å²) in [6, 6.07) is 0. The molecule has 0 radical (unpaired) electrons. The van der Waals surface area contributed by atoms with Crippen molar-refractivity contribution >= 4 is 60.3 Å². The Morgan fingerprint density at radius 3 is 1.84 bits per heavy atom. The second-order valence-corrected chi connectivity index (χ2v) is 14.2. The highest BCUT2D eigenvalue weighted by atomic mass is 32.5. The van der Waals surface area contributed by atoms with Gasteiger partial charge in [0.15, 0.2) is 49.3 Å². The van der Waals surface area contributed by atoms with Gasteiger partial charge >= 0.3 is 25.8 Å². The van der Waals surface area contributed by atoms with Crippen molar-refractivity contribution in [1.29, 1.82) is 0 Å². The van der Waals surface area contributed by atoms with Crippen LogP contribution < -0.4 is 20.6 Å². The Hall–Kier alpha value is -2.88. The lowest BCUT2D eigenvalue weighted by molar-refractivity contribution is -0.743. The van der Waals surface area contributed by atoms with Gasteiger partial charge in [-0.1, -0.05) is 9.97 Å². The number of nitrogens with zero attached hydrogens (tertiary/aromatic N) is 6. The molecule has 0 spiro atoms. The summed E-state index contributed by atoms with van der Waals surface area (Å²) in [6.07, 6.45) is -8.35. The number of phosphoric acid groups is 1. The van der Waals surface area contributed by atoms with Gasteiger partial charge < -0.3 is 35.3 Å². The molecule has 19 nitrogen and oxygen atoms in total. The summed E-state index contributed by atoms with van der Waals surface area (Å²) in [5.74, 6) is 0.175. The fraction of sp³-hybridized carbons (Fsp3) is 0.500. The maximum absolute atomic E-state index is 15.9. The number of anilines is 2. The Morgan fingerprint density at radius 1 is 0.841 bits per heavy atom. The van der Waals surface area contributed by atoms with Gasteiger partial charge in [-0.2, -0.15) is 9.97 Å². The van der Waals surface area contributed by atoms with Crippen molar-refractivity contribution in [2.75, 3.05) is 24.7 Å². The number of ether oxygens (including phenoxy) is 2. The monoisotopic (exact) mass is 680 g/mol. The lowest BCUT2D eigenvalue weighted by Crippen LogP contribution is -2.44. The van der Waals surface area contributed by atoms with Crippen LogP contribution in [-0.2, 0) is 43.9 Å². The van der Waals surface area contributed by atoms with Crippen molar-refractivity contribution in [3.05, 3.63) is 25.3 Å². The molecule has 0 aromatic carbocycles. The molecule has 24 heteroatoms. The molecule has 0 amide bonds. The molecule has 236 valence electrons. The van der Waals surface area contributed by atoms with Crippen molar-refractivity contribution in [2.45, 2.75) is 49.2 Å². The number of aromatic nitrogens is 8. The number of nitrogens with two attached hydrogens (primary N) is 2. The van der Waals surface area contributed by atoms with Gasteiger partial charge in [-0.25, -0.2) is 22.5 Å². The molecule has 2 unspecified atom stereocenters. The van der Waals surface area contributed by atoms with Crippen LogP contribution in [0.15, 0.2) is 25.3 Å². The molecule has 3 fully saturated rings. The normalized spacial score (nSPS) is 38.3. The van der Waals surface area contributed by atoms with Gasteiger partial charge in [-0.05, 0) is 11.8 Å². The standard InChI is InChI=1S/C20H22F2N10O9P2S/c21-9-13-8(39-19(9)31-5-29-11-15(23)25-3-27-17(11)31)2-37-43(35,44)41-14-7(1-36-42(33,34)40-13)38-20(10(14)22)32-6-30-12-16(24)26-4-28-18(12)32/h3-10,13-14,19-20H,1-2H2,(H6,23,24,25,26,27,28,33,34,35,44)/p+2/t7-,8-,9-,10-,13-,14-,19-,20-,43?/m1/s1. The van der Waals surface area contributed by atoms with Gasteiger partial charge in [-0.15, -0.1) is 0 Å². The highest BCUT2D eigenvalue weighted by Gasteiger charge is 2.56. The van der Waals surface area contributed by atoms with Crippen LogP contribution in [0, 0.1) is 0 Å². The Kier molecular flexibility index (Phi) is 7.37. The van der Waals surface area contributed by atoms with Crippen molar-refractivity contribution in [2.24, 2.45) is 0 Å². The second kappa shape index (κ2) is 10.9. The quantitative estimate of drug-likeness (QED) is 0.113. The fourth-order valence-electron chi connectivity index (χ4n) is 5.29. The van der Waals surface area contributed by atoms with Gasteiger partial charge in [0.2, 0.25) is 23.5 Å². The molecule has 10 atom stereocenters. The van der Waals surface area contributed by atoms with E-state index in [0.29, 0.717) is 5.52 Å². The summed E-state index contributed by atoms with van der Waals surface area (Å²) >= 11 is 5.13. The number of H-pyrrole nitrogens is 2. The van der Waals surface area contributed by atoms with Crippen LogP contribution in [0.2, 0.25) is 0 Å². The zero-order chi connectivity index (χ0) is 31.0. The van der Waals surface area contributed by atoms with Crippen LogP contribution in [-0.4, -0.2) is 89.7 Å². The van der Waals surface area contributed by atoms with E-state index in [2.05, 4.69) is 29.9 Å². The van der Waals surface area contributed by atoms with Crippen molar-refractivity contribution in [1.82, 2.24) is 29.9 Å². The van der Waals surface area contributed by atoms with Crippen LogP contribution >= 0.6 is 14.5 Å². The Morgan fingerprint density at radius 2 is 1.32 bits per heavy atom. The number of hydrogen-bond donors (Lipinski definition) is 6. The van der Waals surface area contributed by atoms with Gasteiger partial charge in [0.25, 0.3) is 0 Å². The van der Waals surface area contributed by atoms with Gasteiger partial charge in [0.05, 0.1) is 13.2 Å². The minimum absolute atomic E-state index is 0.0845. The largest absolute Gasteiger partial charge is 0.472 e. The van der Waals surface area contributed by atoms with E-state index in [9.17, 15) is 14.4 Å². The van der Waals surface area contributed by atoms with Crippen molar-refractivity contribution < 1.29 is 59.8 Å². The molecule has 44 heavy (non-hydrogen) atoms. The van der Waals surface area contributed by atoms with Gasteiger partial charge in [0.1, 0.15) is 24.4 Å². The zero-order valence-electron chi connectivity index (χ0n) is 22.0. The topological polar surface area (TPSA) is 256 Å². The van der Waals surface area contributed by atoms with E-state index in [1.807, 2.05) is 0 Å². The average Bonchev–Trinajstić information content (AvgIpc) is 3.73. The fourth-order valence-corrected chi connectivity index (χ4v) is 7.68. The summed E-state index contributed by atoms with van der Waals surface area (Å²) in [4.78, 5) is 43.0. The molecular formula is C20H24F2N10O9P2S+2. The summed E-state index contributed by atoms with van der Waals surface area (Å²) in [5.41, 5.74) is 12.6. The summed E-state index contributed by atoms with van der Waals surface area (Å²) in [5, 5.41) is 0. The first-order chi connectivity index (χ1) is 20.9. The summed E-state index contributed by atoms with van der Waals surface area (Å²) in [7, 11) is -5.06. The first-order valence-corrected chi connectivity index (χ1v) is 16.9. The van der Waals surface area contributed by atoms with Crippen LogP contribution in [0.25, 0.3) is 22.3 Å². The second-order valence-electron chi connectivity index (χ2n) is 9.96. The van der Waals surface area contributed by atoms with E-state index in [-0.39, 0.29) is 28.4 Å². The lowest BCUT2D eigenvalue weighted by Gasteiger charge is -2.28. The number of nitrogen functional groups attached to an aromatic ring is 2. The van der Waals surface area contributed by atoms with Crippen LogP contribution in [0.5, 0.6) is 0 Å². The Balaban J connectivity index is 1.17. The number of rotatable bonds is 2. The number of halogens is 2. The van der Waals surface area contributed by atoms with E-state index in [0.717, 1.165) is 12.7 Å². The summed E-state index contributed by atoms with van der Waals surface area (Å²) in [6.45, 7) is -5.75. The smallest absolute Gasteiger partial charge is 0.380 e. The highest BCUT2D eigenvalue weighted by Crippen LogP contribution is 2.53. The molecule has 0 aliphatic carbocycles. The number of hydrogen-bond acceptors (Lipinski definition) is 14. The van der Waals surface area contributed by atoms with Crippen LogP contribution in [0.3, 0.4) is 0 Å². The van der Waals surface area contributed by atoms with Crippen molar-refractivity contribution in [3.63, 3.8) is 0 Å². The molecular weight excluding hydrogens is 656 g/mol. The molecule has 8 N–H and O–H groups in total. The van der Waals surface area contributed by atoms with E-state index < -0.39 is 77.0 Å². The summed E-state index contributed by atoms with van der Waals surface area (Å²) < 4.78 is 80.2. The number of imidazole rings is 2. The Labute approximate surface area is 249 Å². The van der Waals surface area contributed by atoms with E-state index in [1.54, 1.807) is 0 Å². The average molecular weight is 680 g/mol. The molecule has 7 heterocycles. The molecule has 4 aromatic rings. The van der Waals surface area contributed by atoms with E-state index in [1.165, 1.54) is 21.8 Å².